The highest BCUT2D eigenvalue weighted by molar-refractivity contribution is 9.10. The first-order chi connectivity index (χ1) is 24.8. The summed E-state index contributed by atoms with van der Waals surface area (Å²) >= 11 is 3.46. The van der Waals surface area contributed by atoms with Crippen LogP contribution in [0.15, 0.2) is 34.0 Å². The molecule has 0 bridgehead atoms. The summed E-state index contributed by atoms with van der Waals surface area (Å²) in [5.74, 6) is -7.46. The van der Waals surface area contributed by atoms with Crippen LogP contribution in [0.2, 0.25) is 0 Å². The average molecular weight is 809 g/mol. The van der Waals surface area contributed by atoms with Gasteiger partial charge in [-0.1, -0.05) is 0 Å². The summed E-state index contributed by atoms with van der Waals surface area (Å²) in [6.07, 6.45) is -5.87. The Balaban J connectivity index is 1.56. The highest BCUT2D eigenvalue weighted by Crippen LogP contribution is 2.32. The zero-order valence-corrected chi connectivity index (χ0v) is 31.6. The van der Waals surface area contributed by atoms with Gasteiger partial charge < -0.3 is 28.4 Å². The molecule has 20 heteroatoms. The Labute approximate surface area is 311 Å². The largest absolute Gasteiger partial charge is 0.451 e. The van der Waals surface area contributed by atoms with E-state index in [4.69, 9.17) is 23.7 Å². The monoisotopic (exact) mass is 807 g/mol. The van der Waals surface area contributed by atoms with Gasteiger partial charge in [0.25, 0.3) is 5.91 Å². The molecule has 2 amide bonds. The molecule has 1 aromatic heterocycles. The summed E-state index contributed by atoms with van der Waals surface area (Å²) in [4.78, 5) is 115. The molecule has 0 N–H and O–H groups in total. The van der Waals surface area contributed by atoms with Gasteiger partial charge in [0.2, 0.25) is 11.9 Å². The Morgan fingerprint density at radius 3 is 1.49 bits per heavy atom. The first-order valence-electron chi connectivity index (χ1n) is 16.1. The maximum absolute atomic E-state index is 13.5. The van der Waals surface area contributed by atoms with Crippen molar-refractivity contribution in [3.8, 4) is 0 Å². The molecule has 19 nitrogen and oxygen atoms in total. The number of rotatable bonds is 13. The van der Waals surface area contributed by atoms with Crippen LogP contribution in [-0.2, 0) is 66.8 Å². The molecular formula is C33H38BrN5O14. The summed E-state index contributed by atoms with van der Waals surface area (Å²) in [5, 5.41) is 0. The van der Waals surface area contributed by atoms with Crippen molar-refractivity contribution in [1.82, 2.24) is 19.8 Å². The molecule has 1 aliphatic rings. The molecule has 1 aromatic carbocycles. The molecule has 1 aliphatic heterocycles. The molecule has 3 rings (SSSR count). The predicted molar refractivity (Wildman–Crippen MR) is 182 cm³/mol. The van der Waals surface area contributed by atoms with Crippen molar-refractivity contribution in [2.75, 3.05) is 13.1 Å². The number of carbonyl (C=O) groups is 8. The number of aromatic nitrogens is 2. The highest BCUT2D eigenvalue weighted by atomic mass is 79.9. The number of benzene rings is 1. The molecule has 2 aromatic rings. The Bertz CT molecular complexity index is 1820. The second-order valence-corrected chi connectivity index (χ2v) is 12.3. The van der Waals surface area contributed by atoms with E-state index in [2.05, 4.69) is 35.6 Å². The van der Waals surface area contributed by atoms with Gasteiger partial charge in [-0.25, -0.2) is 29.0 Å². The molecule has 0 spiro atoms. The third-order valence-electron chi connectivity index (χ3n) is 7.27. The second kappa shape index (κ2) is 18.3. The van der Waals surface area contributed by atoms with E-state index >= 15 is 0 Å². The van der Waals surface area contributed by atoms with Crippen LogP contribution in [0.1, 0.15) is 55.4 Å². The van der Waals surface area contributed by atoms with Crippen LogP contribution in [0.3, 0.4) is 0 Å². The molecule has 286 valence electrons. The van der Waals surface area contributed by atoms with Gasteiger partial charge >= 0.3 is 35.8 Å². The summed E-state index contributed by atoms with van der Waals surface area (Å²) < 4.78 is 30.2. The number of guanidine groups is 1. The van der Waals surface area contributed by atoms with Crippen molar-refractivity contribution in [1.29, 1.82) is 0 Å². The van der Waals surface area contributed by atoms with Crippen molar-refractivity contribution in [3.05, 3.63) is 29.0 Å². The van der Waals surface area contributed by atoms with Crippen LogP contribution in [0, 0.1) is 0 Å². The lowest BCUT2D eigenvalue weighted by molar-refractivity contribution is -0.187. The minimum absolute atomic E-state index is 0.00583. The van der Waals surface area contributed by atoms with Crippen LogP contribution in [-0.4, -0.2) is 123 Å². The lowest BCUT2D eigenvalue weighted by Gasteiger charge is -2.24. The van der Waals surface area contributed by atoms with E-state index in [1.807, 2.05) is 0 Å². The van der Waals surface area contributed by atoms with Crippen molar-refractivity contribution >= 4 is 86.2 Å². The first-order valence-corrected chi connectivity index (χ1v) is 16.9. The molecule has 0 saturated carbocycles. The van der Waals surface area contributed by atoms with E-state index < -0.39 is 78.3 Å². The standard InChI is InChI=1S/C33H38BrN5O14/c1-15(27(42)39-14-13-38(21(7)40)33(39)37-23-9-10-24-26(25(23)34)36-12-11-35-24)49-29(44)17(3)51-31(46)19(5)53-32(47)20(6)52-30(45)18(4)50-28(43)16(2)48-22(8)41/h9-12,15-20H,13-14H2,1-8H3/b37-33-/t15-,16-,17-,18-,19-,20-/m1/s1. The van der Waals surface area contributed by atoms with Crippen molar-refractivity contribution < 1.29 is 66.8 Å². The van der Waals surface area contributed by atoms with Gasteiger partial charge in [0.1, 0.15) is 5.52 Å². The number of ether oxygens (including phenoxy) is 6. The number of aliphatic imine (C=N–C) groups is 1. The Hall–Kier alpha value is -5.53. The van der Waals surface area contributed by atoms with E-state index in [0.717, 1.165) is 27.7 Å². The number of carbonyl (C=O) groups excluding carboxylic acids is 8. The van der Waals surface area contributed by atoms with Crippen molar-refractivity contribution in [2.45, 2.75) is 92.0 Å². The normalized spacial score (nSPS) is 16.7. The summed E-state index contributed by atoms with van der Waals surface area (Å²) in [6.45, 7) is 9.68. The Morgan fingerprint density at radius 2 is 1.04 bits per heavy atom. The predicted octanol–water partition coefficient (Wildman–Crippen LogP) is 1.68. The van der Waals surface area contributed by atoms with Gasteiger partial charge in [0, 0.05) is 39.3 Å². The lowest BCUT2D eigenvalue weighted by Crippen LogP contribution is -2.45. The minimum atomic E-state index is -1.58. The van der Waals surface area contributed by atoms with Gasteiger partial charge in [0.15, 0.2) is 36.6 Å². The zero-order chi connectivity index (χ0) is 39.7. The molecule has 0 radical (unpaired) electrons. The Morgan fingerprint density at radius 1 is 0.623 bits per heavy atom. The van der Waals surface area contributed by atoms with E-state index in [-0.39, 0.29) is 25.0 Å². The van der Waals surface area contributed by atoms with E-state index in [9.17, 15) is 38.4 Å². The smallest absolute Gasteiger partial charge is 0.347 e. The van der Waals surface area contributed by atoms with Gasteiger partial charge in [-0.3, -0.25) is 34.2 Å². The molecule has 1 saturated heterocycles. The van der Waals surface area contributed by atoms with Gasteiger partial charge in [0.05, 0.1) is 15.7 Å². The van der Waals surface area contributed by atoms with Crippen LogP contribution < -0.4 is 0 Å². The molecule has 2 heterocycles. The fourth-order valence-corrected chi connectivity index (χ4v) is 5.00. The SMILES string of the molecule is CC(=O)O[C@H](C)C(=O)O[C@H](C)C(=O)O[C@H](C)C(=O)O[C@H](C)C(=O)O[C@H](C)C(=O)O[C@H](C)C(=O)N1CCN(C(C)=O)/C1=N/c1ccc2nccnc2c1Br. The molecule has 6 atom stereocenters. The first kappa shape index (κ1) is 41.9. The van der Waals surface area contributed by atoms with E-state index in [1.165, 1.54) is 49.9 Å². The van der Waals surface area contributed by atoms with E-state index in [1.54, 1.807) is 12.1 Å². The number of fused-ring (bicyclic) bond motifs is 1. The highest BCUT2D eigenvalue weighted by Gasteiger charge is 2.38. The minimum Gasteiger partial charge on any atom is -0.451 e. The van der Waals surface area contributed by atoms with Gasteiger partial charge in [-0.05, 0) is 69.6 Å². The zero-order valence-electron chi connectivity index (χ0n) is 30.0. The fraction of sp³-hybridized carbons (Fsp3) is 0.485. The average Bonchev–Trinajstić information content (AvgIpc) is 3.52. The van der Waals surface area contributed by atoms with Crippen LogP contribution >= 0.6 is 15.9 Å². The number of halogens is 1. The topological polar surface area (TPSA) is 237 Å². The lowest BCUT2D eigenvalue weighted by atomic mass is 10.2. The molecular weight excluding hydrogens is 770 g/mol. The van der Waals surface area contributed by atoms with Gasteiger partial charge in [-0.2, -0.15) is 0 Å². The summed E-state index contributed by atoms with van der Waals surface area (Å²) in [6, 6.07) is 3.31. The maximum Gasteiger partial charge on any atom is 0.347 e. The quantitative estimate of drug-likeness (QED) is 0.207. The number of hydrogen-bond donors (Lipinski definition) is 0. The van der Waals surface area contributed by atoms with Crippen LogP contribution in [0.5, 0.6) is 0 Å². The summed E-state index contributed by atoms with van der Waals surface area (Å²) in [5.41, 5.74) is 1.45. The maximum atomic E-state index is 13.5. The molecule has 53 heavy (non-hydrogen) atoms. The number of hydrogen-bond acceptors (Lipinski definition) is 17. The fourth-order valence-electron chi connectivity index (χ4n) is 4.47. The molecule has 0 unspecified atom stereocenters. The van der Waals surface area contributed by atoms with Crippen molar-refractivity contribution in [3.63, 3.8) is 0 Å². The Kier molecular flexibility index (Phi) is 14.5. The number of nitrogens with zero attached hydrogens (tertiary/aromatic N) is 5. The third kappa shape index (κ3) is 11.0. The van der Waals surface area contributed by atoms with Crippen molar-refractivity contribution in [2.24, 2.45) is 4.99 Å². The summed E-state index contributed by atoms with van der Waals surface area (Å²) in [7, 11) is 0. The van der Waals surface area contributed by atoms with E-state index in [0.29, 0.717) is 21.2 Å². The third-order valence-corrected chi connectivity index (χ3v) is 8.05. The number of amides is 2. The number of esters is 6. The van der Waals surface area contributed by atoms with Crippen LogP contribution in [0.25, 0.3) is 11.0 Å². The molecule has 0 aliphatic carbocycles. The second-order valence-electron chi connectivity index (χ2n) is 11.5. The van der Waals surface area contributed by atoms with Crippen LogP contribution in [0.4, 0.5) is 5.69 Å². The van der Waals surface area contributed by atoms with Gasteiger partial charge in [-0.15, -0.1) is 0 Å². The molecule has 1 fully saturated rings.